The van der Waals surface area contributed by atoms with Crippen molar-refractivity contribution in [3.8, 4) is 6.07 Å². The fourth-order valence-electron chi connectivity index (χ4n) is 3.30. The quantitative estimate of drug-likeness (QED) is 0.634. The molecule has 0 aromatic carbocycles. The van der Waals surface area contributed by atoms with Gasteiger partial charge in [0.25, 0.3) is 5.91 Å². The Morgan fingerprint density at radius 2 is 1.85 bits per heavy atom. The molecule has 0 aromatic rings. The van der Waals surface area contributed by atoms with Crippen molar-refractivity contribution in [2.24, 2.45) is 5.92 Å². The molecule has 2 heterocycles. The fourth-order valence-corrected chi connectivity index (χ4v) is 3.30. The van der Waals surface area contributed by atoms with Crippen molar-refractivity contribution in [3.63, 3.8) is 0 Å². The van der Waals surface area contributed by atoms with Crippen LogP contribution < -0.4 is 10.6 Å². The average molecular weight is 379 g/mol. The van der Waals surface area contributed by atoms with Crippen molar-refractivity contribution in [2.45, 2.75) is 45.3 Å². The van der Waals surface area contributed by atoms with Crippen LogP contribution in [0.2, 0.25) is 0 Å². The summed E-state index contributed by atoms with van der Waals surface area (Å²) < 4.78 is 5.44. The third kappa shape index (κ3) is 6.10. The maximum Gasteiger partial charge on any atom is 0.318 e. The van der Waals surface area contributed by atoms with Gasteiger partial charge in [-0.15, -0.1) is 0 Å². The molecule has 2 aliphatic rings. The second-order valence-corrected chi connectivity index (χ2v) is 7.32. The van der Waals surface area contributed by atoms with Gasteiger partial charge in [-0.3, -0.25) is 9.59 Å². The van der Waals surface area contributed by atoms with Crippen LogP contribution in [0.3, 0.4) is 0 Å². The summed E-state index contributed by atoms with van der Waals surface area (Å²) in [6, 6.07) is 0.854. The lowest BCUT2D eigenvalue weighted by Crippen LogP contribution is -2.57. The summed E-state index contributed by atoms with van der Waals surface area (Å²) >= 11 is 0. The summed E-state index contributed by atoms with van der Waals surface area (Å²) in [6.07, 6.45) is 1.81. The van der Waals surface area contributed by atoms with Crippen molar-refractivity contribution in [1.82, 2.24) is 20.4 Å². The Labute approximate surface area is 160 Å². The minimum atomic E-state index is -0.683. The van der Waals surface area contributed by atoms with Gasteiger partial charge in [0, 0.05) is 32.8 Å². The molecule has 2 aliphatic heterocycles. The summed E-state index contributed by atoms with van der Waals surface area (Å²) in [5.41, 5.74) is 0. The molecule has 0 radical (unpaired) electrons. The van der Waals surface area contributed by atoms with E-state index >= 15 is 0 Å². The van der Waals surface area contributed by atoms with E-state index in [0.29, 0.717) is 39.2 Å². The topological polar surface area (TPSA) is 115 Å². The standard InChI is InChI=1S/C18H29N5O4/c1-13(2)12-14(16(24)20-6-5-19)21-18(26)23-9-7-22(8-10-23)17(25)15-4-3-11-27-15/h13-15H,3-4,6-12H2,1-2H3,(H,20,24)(H,21,26)/t14-,15?/m0/s1. The van der Waals surface area contributed by atoms with Crippen LogP contribution in [-0.4, -0.2) is 79.1 Å². The summed E-state index contributed by atoms with van der Waals surface area (Å²) in [5.74, 6) is -0.143. The number of nitriles is 1. The zero-order valence-corrected chi connectivity index (χ0v) is 16.1. The highest BCUT2D eigenvalue weighted by Gasteiger charge is 2.32. The number of hydrogen-bond acceptors (Lipinski definition) is 5. The van der Waals surface area contributed by atoms with Gasteiger partial charge in [-0.25, -0.2) is 4.79 Å². The van der Waals surface area contributed by atoms with E-state index in [0.717, 1.165) is 12.8 Å². The Morgan fingerprint density at radius 3 is 2.41 bits per heavy atom. The van der Waals surface area contributed by atoms with Gasteiger partial charge in [-0.2, -0.15) is 5.26 Å². The molecule has 150 valence electrons. The van der Waals surface area contributed by atoms with Crippen LogP contribution in [0.1, 0.15) is 33.1 Å². The van der Waals surface area contributed by atoms with E-state index in [1.807, 2.05) is 19.9 Å². The molecule has 0 saturated carbocycles. The number of carbonyl (C=O) groups excluding carboxylic acids is 3. The Morgan fingerprint density at radius 1 is 1.19 bits per heavy atom. The molecule has 9 nitrogen and oxygen atoms in total. The van der Waals surface area contributed by atoms with Crippen LogP contribution in [0.4, 0.5) is 4.79 Å². The first-order valence-corrected chi connectivity index (χ1v) is 9.53. The van der Waals surface area contributed by atoms with Crippen LogP contribution in [0, 0.1) is 17.2 Å². The van der Waals surface area contributed by atoms with Crippen molar-refractivity contribution in [1.29, 1.82) is 5.26 Å². The number of piperazine rings is 1. The molecular formula is C18H29N5O4. The smallest absolute Gasteiger partial charge is 0.318 e. The molecule has 2 saturated heterocycles. The predicted molar refractivity (Wildman–Crippen MR) is 97.5 cm³/mol. The Balaban J connectivity index is 1.84. The third-order valence-corrected chi connectivity index (χ3v) is 4.75. The summed E-state index contributed by atoms with van der Waals surface area (Å²) in [5, 5.41) is 13.9. The number of ether oxygens (including phenoxy) is 1. The van der Waals surface area contributed by atoms with Crippen molar-refractivity contribution in [3.05, 3.63) is 0 Å². The molecule has 0 aliphatic carbocycles. The highest BCUT2D eigenvalue weighted by molar-refractivity contribution is 5.87. The molecule has 0 bridgehead atoms. The fraction of sp³-hybridized carbons (Fsp3) is 0.778. The van der Waals surface area contributed by atoms with E-state index in [9.17, 15) is 14.4 Å². The number of urea groups is 1. The molecule has 0 aromatic heterocycles. The van der Waals surface area contributed by atoms with Crippen LogP contribution in [0.15, 0.2) is 0 Å². The highest BCUT2D eigenvalue weighted by Crippen LogP contribution is 2.16. The molecule has 2 rings (SSSR count). The summed E-state index contributed by atoms with van der Waals surface area (Å²) in [4.78, 5) is 40.4. The number of hydrogen-bond donors (Lipinski definition) is 2. The second-order valence-electron chi connectivity index (χ2n) is 7.32. The van der Waals surface area contributed by atoms with E-state index in [-0.39, 0.29) is 36.4 Å². The maximum atomic E-state index is 12.5. The van der Waals surface area contributed by atoms with E-state index in [4.69, 9.17) is 10.00 Å². The number of rotatable bonds is 6. The molecule has 9 heteroatoms. The van der Waals surface area contributed by atoms with Crippen LogP contribution in [0.25, 0.3) is 0 Å². The van der Waals surface area contributed by atoms with Crippen molar-refractivity contribution in [2.75, 3.05) is 39.3 Å². The molecule has 27 heavy (non-hydrogen) atoms. The molecule has 1 unspecified atom stereocenters. The van der Waals surface area contributed by atoms with Crippen LogP contribution in [0.5, 0.6) is 0 Å². The number of nitrogens with one attached hydrogen (secondary N) is 2. The minimum absolute atomic E-state index is 0.00104. The van der Waals surface area contributed by atoms with E-state index in [2.05, 4.69) is 10.6 Å². The van der Waals surface area contributed by atoms with Gasteiger partial charge in [0.15, 0.2) is 0 Å². The van der Waals surface area contributed by atoms with E-state index in [1.165, 1.54) is 0 Å². The number of nitrogens with zero attached hydrogens (tertiary/aromatic N) is 3. The lowest BCUT2D eigenvalue weighted by molar-refractivity contribution is -0.142. The zero-order chi connectivity index (χ0) is 19.8. The summed E-state index contributed by atoms with van der Waals surface area (Å²) in [7, 11) is 0. The Bertz CT molecular complexity index is 575. The lowest BCUT2D eigenvalue weighted by atomic mass is 10.0. The monoisotopic (exact) mass is 379 g/mol. The molecule has 2 N–H and O–H groups in total. The Kier molecular flexibility index (Phi) is 7.85. The molecule has 2 fully saturated rings. The maximum absolute atomic E-state index is 12.5. The minimum Gasteiger partial charge on any atom is -0.368 e. The largest absolute Gasteiger partial charge is 0.368 e. The SMILES string of the molecule is CC(C)C[C@H](NC(=O)N1CCN(C(=O)C2CCCO2)CC1)C(=O)NCC#N. The normalized spacial score (nSPS) is 20.9. The molecule has 2 atom stereocenters. The van der Waals surface area contributed by atoms with E-state index < -0.39 is 6.04 Å². The van der Waals surface area contributed by atoms with Crippen molar-refractivity contribution >= 4 is 17.8 Å². The number of amides is 4. The van der Waals surface area contributed by atoms with Gasteiger partial charge in [-0.05, 0) is 25.2 Å². The van der Waals surface area contributed by atoms with Gasteiger partial charge >= 0.3 is 6.03 Å². The lowest BCUT2D eigenvalue weighted by Gasteiger charge is -2.36. The molecular weight excluding hydrogens is 350 g/mol. The number of carbonyl (C=O) groups is 3. The van der Waals surface area contributed by atoms with Crippen molar-refractivity contribution < 1.29 is 19.1 Å². The first-order valence-electron chi connectivity index (χ1n) is 9.53. The van der Waals surface area contributed by atoms with Crippen LogP contribution >= 0.6 is 0 Å². The second kappa shape index (κ2) is 10.1. The predicted octanol–water partition coefficient (Wildman–Crippen LogP) is 0.0737. The van der Waals surface area contributed by atoms with Gasteiger partial charge in [0.1, 0.15) is 18.7 Å². The summed E-state index contributed by atoms with van der Waals surface area (Å²) in [6.45, 7) is 6.22. The average Bonchev–Trinajstić information content (AvgIpc) is 3.19. The Hall–Kier alpha value is -2.34. The molecule has 4 amide bonds. The van der Waals surface area contributed by atoms with Gasteiger partial charge in [0.05, 0.1) is 6.07 Å². The first-order chi connectivity index (χ1) is 12.9. The third-order valence-electron chi connectivity index (χ3n) is 4.75. The molecule has 0 spiro atoms. The highest BCUT2D eigenvalue weighted by atomic mass is 16.5. The van der Waals surface area contributed by atoms with Crippen LogP contribution in [-0.2, 0) is 14.3 Å². The van der Waals surface area contributed by atoms with Gasteiger partial charge in [0.2, 0.25) is 5.91 Å². The zero-order valence-electron chi connectivity index (χ0n) is 16.1. The van der Waals surface area contributed by atoms with E-state index in [1.54, 1.807) is 9.80 Å². The van der Waals surface area contributed by atoms with Gasteiger partial charge in [-0.1, -0.05) is 13.8 Å². The first kappa shape index (κ1) is 21.0. The van der Waals surface area contributed by atoms with Gasteiger partial charge < -0.3 is 25.2 Å².